The number of amidine groups is 1. The van der Waals surface area contributed by atoms with Crippen LogP contribution in [0.15, 0.2) is 72.3 Å². The molecule has 1 N–H and O–H groups in total. The Morgan fingerprint density at radius 2 is 1.86 bits per heavy atom. The van der Waals surface area contributed by atoms with Gasteiger partial charge in [0, 0.05) is 5.70 Å². The number of rotatable bonds is 4. The SMILES string of the molecule is C=C(NC(C)=Nc1ccc(C)cc1C)c1ccccc1.CCC1(C)C=CCC1. The van der Waals surface area contributed by atoms with Crippen LogP contribution in [-0.4, -0.2) is 5.84 Å². The first-order valence-corrected chi connectivity index (χ1v) is 10.1. The Morgan fingerprint density at radius 1 is 1.14 bits per heavy atom. The summed E-state index contributed by atoms with van der Waals surface area (Å²) in [6, 6.07) is 16.3. The topological polar surface area (TPSA) is 24.4 Å². The summed E-state index contributed by atoms with van der Waals surface area (Å²) in [5, 5.41) is 3.24. The molecule has 0 amide bonds. The van der Waals surface area contributed by atoms with Crippen molar-refractivity contribution in [3.8, 4) is 0 Å². The zero-order chi connectivity index (χ0) is 20.6. The summed E-state index contributed by atoms with van der Waals surface area (Å²) < 4.78 is 0. The van der Waals surface area contributed by atoms with E-state index in [1.807, 2.05) is 43.3 Å². The second kappa shape index (κ2) is 10.1. The standard InChI is InChI=1S/C18H20N2.C8H14/c1-13-10-11-18(14(2)12-13)20-16(4)19-15(3)17-8-6-5-7-9-17;1-3-8(2)6-4-5-7-8/h5-12H,3H2,1-2,4H3,(H,19,20);4,6H,3,5,7H2,1-2H3. The molecule has 0 saturated carbocycles. The monoisotopic (exact) mass is 374 g/mol. The summed E-state index contributed by atoms with van der Waals surface area (Å²) in [5.41, 5.74) is 5.90. The predicted molar refractivity (Wildman–Crippen MR) is 124 cm³/mol. The first-order chi connectivity index (χ1) is 13.3. The van der Waals surface area contributed by atoms with Gasteiger partial charge in [0.05, 0.1) is 5.69 Å². The lowest BCUT2D eigenvalue weighted by Gasteiger charge is -2.17. The highest BCUT2D eigenvalue weighted by Crippen LogP contribution is 2.33. The zero-order valence-corrected chi connectivity index (χ0v) is 18.0. The minimum atomic E-state index is 0.556. The predicted octanol–water partition coefficient (Wildman–Crippen LogP) is 7.37. The summed E-state index contributed by atoms with van der Waals surface area (Å²) >= 11 is 0. The highest BCUT2D eigenvalue weighted by molar-refractivity contribution is 5.90. The van der Waals surface area contributed by atoms with Gasteiger partial charge >= 0.3 is 0 Å². The average molecular weight is 375 g/mol. The van der Waals surface area contributed by atoms with Crippen molar-refractivity contribution in [1.29, 1.82) is 0 Å². The maximum atomic E-state index is 4.61. The van der Waals surface area contributed by atoms with Gasteiger partial charge in [-0.25, -0.2) is 4.99 Å². The van der Waals surface area contributed by atoms with Gasteiger partial charge in [-0.3, -0.25) is 0 Å². The van der Waals surface area contributed by atoms with Gasteiger partial charge < -0.3 is 5.32 Å². The van der Waals surface area contributed by atoms with Crippen LogP contribution in [0.2, 0.25) is 0 Å². The van der Waals surface area contributed by atoms with E-state index >= 15 is 0 Å². The van der Waals surface area contributed by atoms with Crippen LogP contribution in [0.4, 0.5) is 5.69 Å². The van der Waals surface area contributed by atoms with Gasteiger partial charge in [0.15, 0.2) is 0 Å². The third kappa shape index (κ3) is 6.53. The summed E-state index contributed by atoms with van der Waals surface area (Å²) in [6.07, 6.45) is 8.60. The molecule has 1 unspecified atom stereocenters. The third-order valence-corrected chi connectivity index (χ3v) is 5.30. The van der Waals surface area contributed by atoms with Crippen molar-refractivity contribution >= 4 is 17.2 Å². The Labute approximate surface area is 171 Å². The molecule has 0 radical (unpaired) electrons. The van der Waals surface area contributed by atoms with E-state index < -0.39 is 0 Å². The van der Waals surface area contributed by atoms with E-state index in [0.717, 1.165) is 22.8 Å². The second-order valence-electron chi connectivity index (χ2n) is 7.91. The Kier molecular flexibility index (Phi) is 7.80. The summed E-state index contributed by atoms with van der Waals surface area (Å²) in [5.74, 6) is 0.839. The van der Waals surface area contributed by atoms with Gasteiger partial charge in [-0.1, -0.05) is 80.6 Å². The summed E-state index contributed by atoms with van der Waals surface area (Å²) in [7, 11) is 0. The van der Waals surface area contributed by atoms with Gasteiger partial charge in [0.1, 0.15) is 5.84 Å². The molecule has 0 spiro atoms. The van der Waals surface area contributed by atoms with Gasteiger partial charge in [0.25, 0.3) is 0 Å². The van der Waals surface area contributed by atoms with Crippen LogP contribution in [0.5, 0.6) is 0 Å². The van der Waals surface area contributed by atoms with Crippen molar-refractivity contribution in [2.45, 2.75) is 53.9 Å². The molecule has 3 rings (SSSR count). The van der Waals surface area contributed by atoms with Crippen molar-refractivity contribution < 1.29 is 0 Å². The van der Waals surface area contributed by atoms with E-state index in [1.165, 1.54) is 30.4 Å². The maximum Gasteiger partial charge on any atom is 0.103 e. The minimum Gasteiger partial charge on any atom is -0.344 e. The smallest absolute Gasteiger partial charge is 0.103 e. The largest absolute Gasteiger partial charge is 0.344 e. The third-order valence-electron chi connectivity index (χ3n) is 5.30. The molecular formula is C26H34N2. The Hall–Kier alpha value is -2.61. The van der Waals surface area contributed by atoms with Crippen molar-refractivity contribution in [2.75, 3.05) is 0 Å². The molecule has 1 aliphatic rings. The lowest BCUT2D eigenvalue weighted by Crippen LogP contribution is -2.17. The first kappa shape index (κ1) is 21.7. The number of aliphatic imine (C=N–C) groups is 1. The van der Waals surface area contributed by atoms with Crippen molar-refractivity contribution in [3.63, 3.8) is 0 Å². The lowest BCUT2D eigenvalue weighted by molar-refractivity contribution is 0.404. The lowest BCUT2D eigenvalue weighted by atomic mass is 9.88. The van der Waals surface area contributed by atoms with Gasteiger partial charge in [0.2, 0.25) is 0 Å². The number of nitrogens with one attached hydrogen (secondary N) is 1. The molecule has 0 aromatic heterocycles. The van der Waals surface area contributed by atoms with Crippen LogP contribution in [-0.2, 0) is 0 Å². The number of aryl methyl sites for hydroxylation is 2. The van der Waals surface area contributed by atoms with Crippen LogP contribution in [0.3, 0.4) is 0 Å². The fourth-order valence-electron chi connectivity index (χ4n) is 3.23. The summed E-state index contributed by atoms with van der Waals surface area (Å²) in [6.45, 7) is 14.8. The highest BCUT2D eigenvalue weighted by atomic mass is 15.0. The molecule has 2 nitrogen and oxygen atoms in total. The van der Waals surface area contributed by atoms with E-state index in [1.54, 1.807) is 0 Å². The van der Waals surface area contributed by atoms with Gasteiger partial charge in [-0.05, 0) is 62.6 Å². The molecule has 2 heteroatoms. The van der Waals surface area contributed by atoms with E-state index in [9.17, 15) is 0 Å². The fourth-order valence-corrected chi connectivity index (χ4v) is 3.23. The van der Waals surface area contributed by atoms with Crippen LogP contribution in [0.1, 0.15) is 56.7 Å². The molecule has 0 heterocycles. The molecule has 0 aliphatic heterocycles. The number of nitrogens with zero attached hydrogens (tertiary/aromatic N) is 1. The van der Waals surface area contributed by atoms with Gasteiger partial charge in [-0.2, -0.15) is 0 Å². The number of hydrogen-bond donors (Lipinski definition) is 1. The Bertz CT molecular complexity index is 846. The molecule has 0 saturated heterocycles. The average Bonchev–Trinajstić information content (AvgIpc) is 3.12. The molecule has 0 fully saturated rings. The van der Waals surface area contributed by atoms with Crippen LogP contribution >= 0.6 is 0 Å². The molecule has 28 heavy (non-hydrogen) atoms. The Balaban J connectivity index is 0.000000292. The number of allylic oxidation sites excluding steroid dienone is 2. The van der Waals surface area contributed by atoms with E-state index in [0.29, 0.717) is 5.41 Å². The highest BCUT2D eigenvalue weighted by Gasteiger charge is 2.20. The summed E-state index contributed by atoms with van der Waals surface area (Å²) in [4.78, 5) is 4.61. The van der Waals surface area contributed by atoms with Crippen LogP contribution in [0.25, 0.3) is 5.70 Å². The molecule has 2 aromatic carbocycles. The fraction of sp³-hybridized carbons (Fsp3) is 0.346. The molecule has 0 bridgehead atoms. The van der Waals surface area contributed by atoms with Crippen molar-refractivity contribution in [1.82, 2.24) is 5.32 Å². The van der Waals surface area contributed by atoms with E-state index in [4.69, 9.17) is 0 Å². The van der Waals surface area contributed by atoms with E-state index in [2.05, 4.69) is 68.9 Å². The maximum absolute atomic E-state index is 4.61. The van der Waals surface area contributed by atoms with Crippen molar-refractivity contribution in [2.24, 2.45) is 10.4 Å². The molecule has 1 aliphatic carbocycles. The van der Waals surface area contributed by atoms with Crippen molar-refractivity contribution in [3.05, 3.63) is 84.0 Å². The number of benzene rings is 2. The molecule has 2 aromatic rings. The molecular weight excluding hydrogens is 340 g/mol. The van der Waals surface area contributed by atoms with Crippen LogP contribution in [0, 0.1) is 19.3 Å². The molecule has 148 valence electrons. The zero-order valence-electron chi connectivity index (χ0n) is 18.0. The van der Waals surface area contributed by atoms with Gasteiger partial charge in [-0.15, -0.1) is 0 Å². The molecule has 1 atom stereocenters. The van der Waals surface area contributed by atoms with Crippen LogP contribution < -0.4 is 5.32 Å². The minimum absolute atomic E-state index is 0.556. The normalized spacial score (nSPS) is 18.4. The van der Waals surface area contributed by atoms with E-state index in [-0.39, 0.29) is 0 Å². The quantitative estimate of drug-likeness (QED) is 0.337. The number of hydrogen-bond acceptors (Lipinski definition) is 1. The first-order valence-electron chi connectivity index (χ1n) is 10.1. The Morgan fingerprint density at radius 3 is 2.39 bits per heavy atom. The second-order valence-corrected chi connectivity index (χ2v) is 7.91.